The van der Waals surface area contributed by atoms with Crippen LogP contribution in [0.4, 0.5) is 5.69 Å². The largest absolute Gasteiger partial charge is 0.372 e. The van der Waals surface area contributed by atoms with Crippen molar-refractivity contribution in [2.24, 2.45) is 11.8 Å². The highest BCUT2D eigenvalue weighted by atomic mass is 16.5. The summed E-state index contributed by atoms with van der Waals surface area (Å²) in [5.41, 5.74) is 3.29. The molecule has 1 amide bonds. The molecule has 96 valence electrons. The van der Waals surface area contributed by atoms with E-state index >= 15 is 0 Å². The van der Waals surface area contributed by atoms with Gasteiger partial charge in [-0.1, -0.05) is 13.0 Å². The molecule has 1 unspecified atom stereocenters. The average molecular weight is 246 g/mol. The molecule has 0 radical (unpaired) electrons. The van der Waals surface area contributed by atoms with Gasteiger partial charge in [0.2, 0.25) is 5.91 Å². The highest BCUT2D eigenvalue weighted by molar-refractivity contribution is 5.92. The van der Waals surface area contributed by atoms with Gasteiger partial charge in [-0.05, 0) is 42.3 Å². The van der Waals surface area contributed by atoms with Gasteiger partial charge in [-0.25, -0.2) is 0 Å². The van der Waals surface area contributed by atoms with E-state index in [9.17, 15) is 4.79 Å². The Balaban J connectivity index is 1.66. The minimum atomic E-state index is 0.0655. The van der Waals surface area contributed by atoms with Crippen molar-refractivity contribution in [1.29, 1.82) is 0 Å². The van der Waals surface area contributed by atoms with Crippen LogP contribution in [-0.2, 0) is 22.7 Å². The van der Waals surface area contributed by atoms with Gasteiger partial charge in [0.1, 0.15) is 0 Å². The monoisotopic (exact) mass is 246 g/mol. The maximum atomic E-state index is 12.1. The first kappa shape index (κ1) is 11.7. The Morgan fingerprint density at radius 3 is 2.89 bits per heavy atom. The maximum absolute atomic E-state index is 12.1. The van der Waals surface area contributed by atoms with Crippen molar-refractivity contribution in [3.63, 3.8) is 0 Å². The van der Waals surface area contributed by atoms with E-state index in [1.807, 2.05) is 25.1 Å². The van der Waals surface area contributed by atoms with E-state index in [-0.39, 0.29) is 11.8 Å². The van der Waals surface area contributed by atoms with Crippen LogP contribution < -0.4 is 10.6 Å². The van der Waals surface area contributed by atoms with E-state index < -0.39 is 0 Å². The molecule has 0 aromatic heterocycles. The molecule has 1 aromatic rings. The Morgan fingerprint density at radius 2 is 2.17 bits per heavy atom. The number of anilines is 1. The smallest absolute Gasteiger partial charge is 0.227 e. The van der Waals surface area contributed by atoms with Crippen LogP contribution in [0.5, 0.6) is 0 Å². The highest BCUT2D eigenvalue weighted by Gasteiger charge is 2.28. The van der Waals surface area contributed by atoms with E-state index in [0.29, 0.717) is 19.1 Å². The van der Waals surface area contributed by atoms with Crippen LogP contribution in [0.3, 0.4) is 0 Å². The summed E-state index contributed by atoms with van der Waals surface area (Å²) >= 11 is 0. The van der Waals surface area contributed by atoms with Crippen LogP contribution in [0.2, 0.25) is 0 Å². The summed E-state index contributed by atoms with van der Waals surface area (Å²) < 4.78 is 5.37. The fraction of sp³-hybridized carbons (Fsp3) is 0.500. The van der Waals surface area contributed by atoms with Crippen molar-refractivity contribution < 1.29 is 9.53 Å². The average Bonchev–Trinajstić information content (AvgIpc) is 2.73. The molecule has 2 heterocycles. The molecule has 2 N–H and O–H groups in total. The minimum absolute atomic E-state index is 0.0655. The second kappa shape index (κ2) is 4.71. The molecule has 0 spiro atoms. The zero-order chi connectivity index (χ0) is 12.5. The predicted molar refractivity (Wildman–Crippen MR) is 69.1 cm³/mol. The molecular formula is C14H18N2O2. The Hall–Kier alpha value is -1.39. The predicted octanol–water partition coefficient (Wildman–Crippen LogP) is 1.51. The number of amides is 1. The van der Waals surface area contributed by atoms with Crippen LogP contribution in [0, 0.1) is 11.8 Å². The Morgan fingerprint density at radius 1 is 1.39 bits per heavy atom. The summed E-state index contributed by atoms with van der Waals surface area (Å²) in [6, 6.07) is 6.01. The van der Waals surface area contributed by atoms with Gasteiger partial charge in [0.25, 0.3) is 0 Å². The van der Waals surface area contributed by atoms with E-state index in [4.69, 9.17) is 4.74 Å². The van der Waals surface area contributed by atoms with Gasteiger partial charge in [0, 0.05) is 11.6 Å². The van der Waals surface area contributed by atoms with E-state index in [2.05, 4.69) is 10.6 Å². The summed E-state index contributed by atoms with van der Waals surface area (Å²) in [6.07, 6.45) is 0. The molecule has 18 heavy (non-hydrogen) atoms. The third kappa shape index (κ3) is 2.13. The lowest BCUT2D eigenvalue weighted by Gasteiger charge is -2.31. The zero-order valence-corrected chi connectivity index (χ0v) is 10.5. The van der Waals surface area contributed by atoms with Gasteiger partial charge < -0.3 is 15.4 Å². The first-order chi connectivity index (χ1) is 8.74. The Bertz CT molecular complexity index is 469. The van der Waals surface area contributed by atoms with Crippen LogP contribution in [0.1, 0.15) is 18.1 Å². The van der Waals surface area contributed by atoms with Crippen molar-refractivity contribution >= 4 is 11.6 Å². The standard InChI is InChI=1S/C14H18N2O2/c1-9(12-5-15-6-12)14(17)16-13-3-2-10-7-18-8-11(10)4-13/h2-4,9,12,15H,5-8H2,1H3,(H,16,17). The normalized spacial score (nSPS) is 20.1. The first-order valence-corrected chi connectivity index (χ1v) is 6.45. The van der Waals surface area contributed by atoms with Gasteiger partial charge in [-0.15, -0.1) is 0 Å². The molecule has 1 fully saturated rings. The summed E-state index contributed by atoms with van der Waals surface area (Å²) in [5, 5.41) is 6.20. The summed E-state index contributed by atoms with van der Waals surface area (Å²) in [4.78, 5) is 12.1. The van der Waals surface area contributed by atoms with Gasteiger partial charge in [-0.2, -0.15) is 0 Å². The van der Waals surface area contributed by atoms with Gasteiger partial charge >= 0.3 is 0 Å². The highest BCUT2D eigenvalue weighted by Crippen LogP contribution is 2.24. The molecule has 2 aliphatic rings. The summed E-state index contributed by atoms with van der Waals surface area (Å²) in [5.74, 6) is 0.652. The van der Waals surface area contributed by atoms with Gasteiger partial charge in [0.15, 0.2) is 0 Å². The molecule has 4 heteroatoms. The number of hydrogen-bond acceptors (Lipinski definition) is 3. The van der Waals surface area contributed by atoms with E-state index in [1.165, 1.54) is 11.1 Å². The Kier molecular flexibility index (Phi) is 3.06. The number of nitrogens with one attached hydrogen (secondary N) is 2. The van der Waals surface area contributed by atoms with Crippen molar-refractivity contribution in [1.82, 2.24) is 5.32 Å². The van der Waals surface area contributed by atoms with Crippen LogP contribution in [0.25, 0.3) is 0 Å². The van der Waals surface area contributed by atoms with E-state index in [0.717, 1.165) is 18.8 Å². The second-order valence-electron chi connectivity index (χ2n) is 5.17. The topological polar surface area (TPSA) is 50.4 Å². The summed E-state index contributed by atoms with van der Waals surface area (Å²) in [6.45, 7) is 5.24. The van der Waals surface area contributed by atoms with Crippen LogP contribution in [0.15, 0.2) is 18.2 Å². The van der Waals surface area contributed by atoms with Crippen LogP contribution >= 0.6 is 0 Å². The number of benzene rings is 1. The van der Waals surface area contributed by atoms with Gasteiger partial charge in [0.05, 0.1) is 13.2 Å². The first-order valence-electron chi connectivity index (χ1n) is 6.45. The lowest BCUT2D eigenvalue weighted by Crippen LogP contribution is -2.48. The molecule has 3 rings (SSSR count). The number of fused-ring (bicyclic) bond motifs is 1. The quantitative estimate of drug-likeness (QED) is 0.850. The third-order valence-electron chi connectivity index (χ3n) is 3.92. The van der Waals surface area contributed by atoms with E-state index in [1.54, 1.807) is 0 Å². The lowest BCUT2D eigenvalue weighted by molar-refractivity contribution is -0.121. The van der Waals surface area contributed by atoms with Crippen molar-refractivity contribution in [2.45, 2.75) is 20.1 Å². The number of ether oxygens (including phenoxy) is 1. The number of carbonyl (C=O) groups is 1. The van der Waals surface area contributed by atoms with Crippen molar-refractivity contribution in [3.05, 3.63) is 29.3 Å². The second-order valence-corrected chi connectivity index (χ2v) is 5.17. The molecule has 4 nitrogen and oxygen atoms in total. The molecule has 0 saturated carbocycles. The fourth-order valence-corrected chi connectivity index (χ4v) is 2.38. The summed E-state index contributed by atoms with van der Waals surface area (Å²) in [7, 11) is 0. The maximum Gasteiger partial charge on any atom is 0.227 e. The van der Waals surface area contributed by atoms with Crippen molar-refractivity contribution in [2.75, 3.05) is 18.4 Å². The fourth-order valence-electron chi connectivity index (χ4n) is 2.38. The lowest BCUT2D eigenvalue weighted by atomic mass is 9.88. The van der Waals surface area contributed by atoms with Crippen molar-refractivity contribution in [3.8, 4) is 0 Å². The third-order valence-corrected chi connectivity index (χ3v) is 3.92. The minimum Gasteiger partial charge on any atom is -0.372 e. The molecule has 2 aliphatic heterocycles. The molecule has 0 aliphatic carbocycles. The number of rotatable bonds is 3. The molecule has 0 bridgehead atoms. The SMILES string of the molecule is CC(C(=O)Nc1ccc2c(c1)COC2)C1CNC1. The molecular weight excluding hydrogens is 228 g/mol. The molecule has 1 atom stereocenters. The molecule has 1 saturated heterocycles. The molecule has 1 aromatic carbocycles. The number of carbonyl (C=O) groups excluding carboxylic acids is 1. The van der Waals surface area contributed by atoms with Crippen LogP contribution in [-0.4, -0.2) is 19.0 Å². The Labute approximate surface area is 107 Å². The number of hydrogen-bond donors (Lipinski definition) is 2. The zero-order valence-electron chi connectivity index (χ0n) is 10.5. The van der Waals surface area contributed by atoms with Gasteiger partial charge in [-0.3, -0.25) is 4.79 Å².